The molecular formula is C14H22N2O. The second-order valence-corrected chi connectivity index (χ2v) is 5.25. The van der Waals surface area contributed by atoms with Crippen LogP contribution in [0.4, 0.5) is 11.4 Å². The fourth-order valence-electron chi connectivity index (χ4n) is 1.52. The maximum absolute atomic E-state index is 11.4. The molecule has 0 unspecified atom stereocenters. The van der Waals surface area contributed by atoms with Crippen molar-refractivity contribution in [2.24, 2.45) is 0 Å². The van der Waals surface area contributed by atoms with E-state index >= 15 is 0 Å². The van der Waals surface area contributed by atoms with Gasteiger partial charge in [0, 0.05) is 23.3 Å². The summed E-state index contributed by atoms with van der Waals surface area (Å²) in [5.41, 5.74) is 1.96. The summed E-state index contributed by atoms with van der Waals surface area (Å²) in [4.78, 5) is 11.4. The molecule has 0 fully saturated rings. The van der Waals surface area contributed by atoms with Gasteiger partial charge in [0.05, 0.1) is 0 Å². The van der Waals surface area contributed by atoms with Gasteiger partial charge in [0.1, 0.15) is 0 Å². The van der Waals surface area contributed by atoms with Crippen LogP contribution in [0, 0.1) is 0 Å². The topological polar surface area (TPSA) is 41.1 Å². The highest BCUT2D eigenvalue weighted by molar-refractivity contribution is 5.90. The van der Waals surface area contributed by atoms with Crippen LogP contribution in [0.15, 0.2) is 24.3 Å². The number of nitrogens with one attached hydrogen (secondary N) is 2. The van der Waals surface area contributed by atoms with Gasteiger partial charge in [0.2, 0.25) is 5.91 Å². The molecule has 0 aliphatic heterocycles. The lowest BCUT2D eigenvalue weighted by molar-refractivity contribution is -0.116. The van der Waals surface area contributed by atoms with Crippen LogP contribution in [-0.4, -0.2) is 11.4 Å². The van der Waals surface area contributed by atoms with Crippen molar-refractivity contribution in [3.05, 3.63) is 24.3 Å². The summed E-state index contributed by atoms with van der Waals surface area (Å²) in [7, 11) is 0. The third-order valence-electron chi connectivity index (χ3n) is 2.17. The molecule has 0 saturated carbocycles. The summed E-state index contributed by atoms with van der Waals surface area (Å²) in [5, 5.41) is 6.24. The Balaban J connectivity index is 2.59. The zero-order chi connectivity index (χ0) is 12.9. The van der Waals surface area contributed by atoms with Gasteiger partial charge in [0.25, 0.3) is 0 Å². The lowest BCUT2D eigenvalue weighted by Crippen LogP contribution is -2.25. The van der Waals surface area contributed by atoms with Crippen LogP contribution in [0.2, 0.25) is 0 Å². The Bertz CT molecular complexity index is 363. The molecule has 3 nitrogen and oxygen atoms in total. The van der Waals surface area contributed by atoms with Crippen LogP contribution in [0.3, 0.4) is 0 Å². The molecule has 0 saturated heterocycles. The molecular weight excluding hydrogens is 212 g/mol. The Hall–Kier alpha value is -1.51. The van der Waals surface area contributed by atoms with Crippen molar-refractivity contribution in [3.8, 4) is 0 Å². The molecule has 1 amide bonds. The maximum Gasteiger partial charge on any atom is 0.224 e. The first kappa shape index (κ1) is 13.6. The van der Waals surface area contributed by atoms with Gasteiger partial charge in [-0.15, -0.1) is 0 Å². The van der Waals surface area contributed by atoms with Crippen LogP contribution in [0.1, 0.15) is 40.5 Å². The molecule has 0 bridgehead atoms. The largest absolute Gasteiger partial charge is 0.380 e. The highest BCUT2D eigenvalue weighted by Crippen LogP contribution is 2.17. The van der Waals surface area contributed by atoms with Crippen molar-refractivity contribution in [1.82, 2.24) is 0 Å². The minimum atomic E-state index is 0.0486. The monoisotopic (exact) mass is 234 g/mol. The molecule has 3 heteroatoms. The summed E-state index contributed by atoms with van der Waals surface area (Å²) in [6, 6.07) is 7.79. The van der Waals surface area contributed by atoms with Crippen molar-refractivity contribution in [2.45, 2.75) is 46.1 Å². The first-order chi connectivity index (χ1) is 7.90. The molecule has 2 N–H and O–H groups in total. The third-order valence-corrected chi connectivity index (χ3v) is 2.17. The van der Waals surface area contributed by atoms with Gasteiger partial charge in [-0.3, -0.25) is 4.79 Å². The fourth-order valence-corrected chi connectivity index (χ4v) is 1.52. The van der Waals surface area contributed by atoms with Crippen molar-refractivity contribution >= 4 is 17.3 Å². The Kier molecular flexibility index (Phi) is 4.55. The van der Waals surface area contributed by atoms with Crippen LogP contribution in [0.25, 0.3) is 0 Å². The molecule has 0 aliphatic carbocycles. The summed E-state index contributed by atoms with van der Waals surface area (Å²) >= 11 is 0. The Morgan fingerprint density at radius 3 is 2.12 bits per heavy atom. The second-order valence-electron chi connectivity index (χ2n) is 5.25. The predicted octanol–water partition coefficient (Wildman–Crippen LogP) is 3.64. The van der Waals surface area contributed by atoms with Gasteiger partial charge >= 0.3 is 0 Å². The third kappa shape index (κ3) is 5.38. The van der Waals surface area contributed by atoms with Gasteiger partial charge < -0.3 is 10.6 Å². The molecule has 0 aliphatic rings. The number of hydrogen-bond acceptors (Lipinski definition) is 2. The molecule has 17 heavy (non-hydrogen) atoms. The highest BCUT2D eigenvalue weighted by Gasteiger charge is 2.08. The Labute approximate surface area is 104 Å². The van der Waals surface area contributed by atoms with Gasteiger partial charge in [-0.2, -0.15) is 0 Å². The molecule has 94 valence electrons. The zero-order valence-corrected chi connectivity index (χ0v) is 11.1. The molecule has 0 radical (unpaired) electrons. The fraction of sp³-hybridized carbons (Fsp3) is 0.500. The van der Waals surface area contributed by atoms with Crippen LogP contribution < -0.4 is 10.6 Å². The van der Waals surface area contributed by atoms with E-state index in [1.165, 1.54) is 0 Å². The quantitative estimate of drug-likeness (QED) is 0.835. The van der Waals surface area contributed by atoms with Gasteiger partial charge in [0.15, 0.2) is 0 Å². The SMILES string of the molecule is CCCC(=O)Nc1ccc(NC(C)(C)C)cc1. The summed E-state index contributed by atoms with van der Waals surface area (Å²) < 4.78 is 0. The number of benzene rings is 1. The number of anilines is 2. The van der Waals surface area contributed by atoms with E-state index in [4.69, 9.17) is 0 Å². The molecule has 1 aromatic rings. The zero-order valence-electron chi connectivity index (χ0n) is 11.1. The number of carbonyl (C=O) groups is 1. The normalized spacial score (nSPS) is 11.1. The van der Waals surface area contributed by atoms with Crippen molar-refractivity contribution in [2.75, 3.05) is 10.6 Å². The molecule has 0 aromatic heterocycles. The molecule has 0 atom stereocenters. The van der Waals surface area contributed by atoms with Gasteiger partial charge in [-0.1, -0.05) is 6.92 Å². The van der Waals surface area contributed by atoms with Crippen LogP contribution in [-0.2, 0) is 4.79 Å². The number of carbonyl (C=O) groups excluding carboxylic acids is 1. The van der Waals surface area contributed by atoms with Crippen molar-refractivity contribution < 1.29 is 4.79 Å². The van der Waals surface area contributed by atoms with Crippen molar-refractivity contribution in [3.63, 3.8) is 0 Å². The average Bonchev–Trinajstić information content (AvgIpc) is 2.19. The molecule has 1 rings (SSSR count). The lowest BCUT2D eigenvalue weighted by Gasteiger charge is -2.22. The Morgan fingerprint density at radius 1 is 1.12 bits per heavy atom. The van der Waals surface area contributed by atoms with E-state index in [1.54, 1.807) is 0 Å². The smallest absolute Gasteiger partial charge is 0.224 e. The minimum absolute atomic E-state index is 0.0486. The molecule has 1 aromatic carbocycles. The maximum atomic E-state index is 11.4. The van der Waals surface area contributed by atoms with Gasteiger partial charge in [-0.25, -0.2) is 0 Å². The summed E-state index contributed by atoms with van der Waals surface area (Å²) in [5.74, 6) is 0.0732. The van der Waals surface area contributed by atoms with E-state index in [-0.39, 0.29) is 11.4 Å². The van der Waals surface area contributed by atoms with E-state index < -0.39 is 0 Å². The number of hydrogen-bond donors (Lipinski definition) is 2. The Morgan fingerprint density at radius 2 is 1.65 bits per heavy atom. The van der Waals surface area contributed by atoms with E-state index in [1.807, 2.05) is 31.2 Å². The molecule has 0 heterocycles. The standard InChI is InChI=1S/C14H22N2O/c1-5-6-13(17)15-11-7-9-12(10-8-11)16-14(2,3)4/h7-10,16H,5-6H2,1-4H3,(H,15,17). The average molecular weight is 234 g/mol. The van der Waals surface area contributed by atoms with E-state index in [0.29, 0.717) is 6.42 Å². The second kappa shape index (κ2) is 5.71. The summed E-state index contributed by atoms with van der Waals surface area (Å²) in [6.45, 7) is 8.34. The van der Waals surface area contributed by atoms with Crippen molar-refractivity contribution in [1.29, 1.82) is 0 Å². The van der Waals surface area contributed by atoms with Gasteiger partial charge in [-0.05, 0) is 51.5 Å². The highest BCUT2D eigenvalue weighted by atomic mass is 16.1. The first-order valence-corrected chi connectivity index (χ1v) is 6.09. The minimum Gasteiger partial charge on any atom is -0.380 e. The number of amides is 1. The van der Waals surface area contributed by atoms with Crippen LogP contribution in [0.5, 0.6) is 0 Å². The number of rotatable bonds is 4. The first-order valence-electron chi connectivity index (χ1n) is 6.09. The lowest BCUT2D eigenvalue weighted by atomic mass is 10.1. The predicted molar refractivity (Wildman–Crippen MR) is 73.4 cm³/mol. The van der Waals surface area contributed by atoms with E-state index in [0.717, 1.165) is 17.8 Å². The molecule has 0 spiro atoms. The van der Waals surface area contributed by atoms with E-state index in [9.17, 15) is 4.79 Å². The van der Waals surface area contributed by atoms with Crippen LogP contribution >= 0.6 is 0 Å². The summed E-state index contributed by atoms with van der Waals surface area (Å²) in [6.07, 6.45) is 1.44. The van der Waals surface area contributed by atoms with E-state index in [2.05, 4.69) is 31.4 Å².